The van der Waals surface area contributed by atoms with Crippen LogP contribution >= 0.6 is 0 Å². The molecule has 0 radical (unpaired) electrons. The quantitative estimate of drug-likeness (QED) is 0.736. The molecule has 1 aliphatic carbocycles. The van der Waals surface area contributed by atoms with Crippen LogP contribution in [0, 0.1) is 0 Å². The minimum absolute atomic E-state index is 0.363. The molecule has 7 nitrogen and oxygen atoms in total. The van der Waals surface area contributed by atoms with Crippen molar-refractivity contribution >= 4 is 11.8 Å². The van der Waals surface area contributed by atoms with Crippen molar-refractivity contribution in [2.24, 2.45) is 0 Å². The van der Waals surface area contributed by atoms with Gasteiger partial charge in [0.25, 0.3) is 0 Å². The maximum Gasteiger partial charge on any atom is 0.227 e. The standard InChI is InChI=1S/C24H35N7/c1-28-13-15-30(16-14-28)22-17-20(26-24(27-22)31-11-3-4-12-31)18-29(2)21-9-5-7-19-8-6-10-25-23(19)21/h6,8,10,17,21H,3-5,7,9,11-16,18H2,1-2H3. The Morgan fingerprint density at radius 2 is 1.81 bits per heavy atom. The Morgan fingerprint density at radius 3 is 2.61 bits per heavy atom. The molecule has 2 saturated heterocycles. The van der Waals surface area contributed by atoms with Crippen LogP contribution in [0.1, 0.15) is 48.7 Å². The van der Waals surface area contributed by atoms with E-state index in [0.29, 0.717) is 6.04 Å². The molecule has 2 aliphatic heterocycles. The second kappa shape index (κ2) is 9.09. The first kappa shape index (κ1) is 20.6. The van der Waals surface area contributed by atoms with Crippen molar-refractivity contribution in [1.29, 1.82) is 0 Å². The van der Waals surface area contributed by atoms with Crippen LogP contribution in [-0.4, -0.2) is 78.1 Å². The van der Waals surface area contributed by atoms with Gasteiger partial charge in [-0.3, -0.25) is 9.88 Å². The lowest BCUT2D eigenvalue weighted by Crippen LogP contribution is -2.45. The summed E-state index contributed by atoms with van der Waals surface area (Å²) in [7, 11) is 4.42. The number of pyridine rings is 1. The molecule has 2 fully saturated rings. The summed E-state index contributed by atoms with van der Waals surface area (Å²) in [5, 5.41) is 0. The van der Waals surface area contributed by atoms with E-state index in [9.17, 15) is 0 Å². The zero-order chi connectivity index (χ0) is 21.2. The van der Waals surface area contributed by atoms with Gasteiger partial charge < -0.3 is 14.7 Å². The van der Waals surface area contributed by atoms with Gasteiger partial charge in [-0.2, -0.15) is 4.98 Å². The average molecular weight is 422 g/mol. The average Bonchev–Trinajstić information content (AvgIpc) is 3.34. The van der Waals surface area contributed by atoms with Crippen LogP contribution in [0.4, 0.5) is 11.8 Å². The van der Waals surface area contributed by atoms with Crippen LogP contribution in [0.5, 0.6) is 0 Å². The third-order valence-electron chi connectivity index (χ3n) is 7.08. The Bertz CT molecular complexity index is 887. The molecule has 2 aromatic rings. The van der Waals surface area contributed by atoms with Crippen molar-refractivity contribution < 1.29 is 0 Å². The molecule has 0 bridgehead atoms. The van der Waals surface area contributed by atoms with Crippen molar-refractivity contribution in [2.45, 2.75) is 44.7 Å². The van der Waals surface area contributed by atoms with E-state index in [1.807, 2.05) is 6.20 Å². The lowest BCUT2D eigenvalue weighted by molar-refractivity contribution is 0.206. The fraction of sp³-hybridized carbons (Fsp3) is 0.625. The SMILES string of the molecule is CN1CCN(c2cc(CN(C)C3CCCc4cccnc43)nc(N3CCCC3)n2)CC1. The molecule has 0 N–H and O–H groups in total. The highest BCUT2D eigenvalue weighted by Gasteiger charge is 2.26. The summed E-state index contributed by atoms with van der Waals surface area (Å²) in [4.78, 5) is 24.4. The van der Waals surface area contributed by atoms with Crippen LogP contribution < -0.4 is 9.80 Å². The second-order valence-corrected chi connectivity index (χ2v) is 9.37. The zero-order valence-electron chi connectivity index (χ0n) is 19.0. The predicted octanol–water partition coefficient (Wildman–Crippen LogP) is 2.73. The number of aromatic nitrogens is 3. The molecule has 7 heteroatoms. The molecule has 0 saturated carbocycles. The molecule has 0 spiro atoms. The maximum absolute atomic E-state index is 5.03. The van der Waals surface area contributed by atoms with Gasteiger partial charge in [-0.15, -0.1) is 0 Å². The number of rotatable bonds is 5. The lowest BCUT2D eigenvalue weighted by Gasteiger charge is -2.34. The number of aryl methyl sites for hydroxylation is 1. The fourth-order valence-corrected chi connectivity index (χ4v) is 5.19. The topological polar surface area (TPSA) is 51.6 Å². The van der Waals surface area contributed by atoms with E-state index < -0.39 is 0 Å². The number of nitrogens with zero attached hydrogens (tertiary/aromatic N) is 7. The van der Waals surface area contributed by atoms with Gasteiger partial charge in [0.15, 0.2) is 0 Å². The maximum atomic E-state index is 5.03. The molecule has 1 atom stereocenters. The Hall–Kier alpha value is -2.25. The number of hydrogen-bond acceptors (Lipinski definition) is 7. The summed E-state index contributed by atoms with van der Waals surface area (Å²) < 4.78 is 0. The summed E-state index contributed by atoms with van der Waals surface area (Å²) in [5.74, 6) is 2.01. The van der Waals surface area contributed by atoms with E-state index in [4.69, 9.17) is 15.0 Å². The first-order valence-corrected chi connectivity index (χ1v) is 11.9. The zero-order valence-corrected chi connectivity index (χ0v) is 19.0. The van der Waals surface area contributed by atoms with Crippen molar-refractivity contribution in [1.82, 2.24) is 24.8 Å². The van der Waals surface area contributed by atoms with E-state index in [1.165, 1.54) is 30.5 Å². The Labute approximate surface area is 186 Å². The number of likely N-dealkylation sites (N-methyl/N-ethyl adjacent to an activating group) is 1. The first-order valence-electron chi connectivity index (χ1n) is 11.9. The molecule has 5 rings (SSSR count). The smallest absolute Gasteiger partial charge is 0.227 e. The Morgan fingerprint density at radius 1 is 1.00 bits per heavy atom. The van der Waals surface area contributed by atoms with Crippen molar-refractivity contribution in [3.63, 3.8) is 0 Å². The number of piperazine rings is 1. The summed E-state index contributed by atoms with van der Waals surface area (Å²) in [6.45, 7) is 7.20. The van der Waals surface area contributed by atoms with Crippen LogP contribution in [0.15, 0.2) is 24.4 Å². The van der Waals surface area contributed by atoms with Crippen molar-refractivity contribution in [3.05, 3.63) is 41.3 Å². The third-order valence-corrected chi connectivity index (χ3v) is 7.08. The Kier molecular flexibility index (Phi) is 6.05. The van der Waals surface area contributed by atoms with Crippen LogP contribution in [0.25, 0.3) is 0 Å². The molecule has 3 aliphatic rings. The van der Waals surface area contributed by atoms with E-state index in [2.05, 4.69) is 51.9 Å². The van der Waals surface area contributed by atoms with Gasteiger partial charge in [-0.25, -0.2) is 4.98 Å². The normalized spacial score (nSPS) is 22.2. The molecule has 2 aromatic heterocycles. The van der Waals surface area contributed by atoms with E-state index in [1.54, 1.807) is 0 Å². The van der Waals surface area contributed by atoms with Gasteiger partial charge in [0, 0.05) is 58.1 Å². The first-order chi connectivity index (χ1) is 15.2. The molecular formula is C24H35N7. The molecule has 31 heavy (non-hydrogen) atoms. The molecule has 4 heterocycles. The molecule has 166 valence electrons. The third kappa shape index (κ3) is 4.53. The van der Waals surface area contributed by atoms with Gasteiger partial charge in [0.05, 0.1) is 17.4 Å². The minimum atomic E-state index is 0.363. The van der Waals surface area contributed by atoms with E-state index in [0.717, 1.165) is 76.1 Å². The fourth-order valence-electron chi connectivity index (χ4n) is 5.19. The lowest BCUT2D eigenvalue weighted by atomic mass is 9.91. The summed E-state index contributed by atoms with van der Waals surface area (Å²) >= 11 is 0. The molecule has 0 aromatic carbocycles. The van der Waals surface area contributed by atoms with Gasteiger partial charge in [-0.1, -0.05) is 6.07 Å². The molecular weight excluding hydrogens is 386 g/mol. The Balaban J connectivity index is 1.40. The monoisotopic (exact) mass is 421 g/mol. The van der Waals surface area contributed by atoms with E-state index >= 15 is 0 Å². The molecule has 0 amide bonds. The van der Waals surface area contributed by atoms with Crippen LogP contribution in [-0.2, 0) is 13.0 Å². The van der Waals surface area contributed by atoms with Crippen LogP contribution in [0.3, 0.4) is 0 Å². The molecule has 1 unspecified atom stereocenters. The van der Waals surface area contributed by atoms with Crippen molar-refractivity contribution in [3.8, 4) is 0 Å². The van der Waals surface area contributed by atoms with Gasteiger partial charge in [0.1, 0.15) is 5.82 Å². The highest BCUT2D eigenvalue weighted by molar-refractivity contribution is 5.47. The summed E-state index contributed by atoms with van der Waals surface area (Å²) in [6, 6.07) is 6.89. The second-order valence-electron chi connectivity index (χ2n) is 9.37. The number of anilines is 2. The van der Waals surface area contributed by atoms with Gasteiger partial charge in [0.2, 0.25) is 5.95 Å². The number of hydrogen-bond donors (Lipinski definition) is 0. The van der Waals surface area contributed by atoms with E-state index in [-0.39, 0.29) is 0 Å². The largest absolute Gasteiger partial charge is 0.354 e. The van der Waals surface area contributed by atoms with Gasteiger partial charge in [-0.05, 0) is 57.8 Å². The van der Waals surface area contributed by atoms with Gasteiger partial charge >= 0.3 is 0 Å². The highest BCUT2D eigenvalue weighted by Crippen LogP contribution is 2.33. The predicted molar refractivity (Wildman–Crippen MR) is 125 cm³/mol. The summed E-state index contributed by atoms with van der Waals surface area (Å²) in [6.07, 6.45) is 7.95. The van der Waals surface area contributed by atoms with Crippen molar-refractivity contribution in [2.75, 3.05) is 63.2 Å². The summed E-state index contributed by atoms with van der Waals surface area (Å²) in [5.41, 5.74) is 3.78. The number of fused-ring (bicyclic) bond motifs is 1. The van der Waals surface area contributed by atoms with Crippen LogP contribution in [0.2, 0.25) is 0 Å². The highest BCUT2D eigenvalue weighted by atomic mass is 15.3. The minimum Gasteiger partial charge on any atom is -0.354 e.